The number of urea groups is 1. The maximum atomic E-state index is 12.0. The van der Waals surface area contributed by atoms with Crippen LogP contribution in [-0.2, 0) is 6.54 Å². The van der Waals surface area contributed by atoms with E-state index >= 15 is 0 Å². The van der Waals surface area contributed by atoms with E-state index in [1.807, 2.05) is 24.0 Å². The summed E-state index contributed by atoms with van der Waals surface area (Å²) in [6.07, 6.45) is 4.10. The van der Waals surface area contributed by atoms with Gasteiger partial charge in [-0.3, -0.25) is 4.98 Å². The van der Waals surface area contributed by atoms with Crippen molar-refractivity contribution in [2.24, 2.45) is 5.92 Å². The molecule has 1 N–H and O–H groups in total. The summed E-state index contributed by atoms with van der Waals surface area (Å²) >= 11 is 0. The fourth-order valence-electron chi connectivity index (χ4n) is 2.35. The minimum absolute atomic E-state index is 0.0339. The Morgan fingerprint density at radius 1 is 1.61 bits per heavy atom. The van der Waals surface area contributed by atoms with E-state index in [4.69, 9.17) is 0 Å². The Morgan fingerprint density at radius 2 is 2.44 bits per heavy atom. The molecule has 2 heterocycles. The fraction of sp³-hybridized carbons (Fsp3) is 0.571. The highest BCUT2D eigenvalue weighted by molar-refractivity contribution is 5.74. The Bertz CT molecular complexity index is 419. The molecule has 0 aliphatic carbocycles. The number of carbonyl (C=O) groups excluding carboxylic acids is 1. The molecule has 0 radical (unpaired) electrons. The van der Waals surface area contributed by atoms with Gasteiger partial charge in [0, 0.05) is 19.3 Å². The first-order valence-corrected chi connectivity index (χ1v) is 6.60. The maximum Gasteiger partial charge on any atom is 0.317 e. The van der Waals surface area contributed by atoms with E-state index < -0.39 is 0 Å². The molecule has 1 atom stereocenters. The van der Waals surface area contributed by atoms with Crippen molar-refractivity contribution in [1.29, 1.82) is 0 Å². The van der Waals surface area contributed by atoms with Crippen LogP contribution in [-0.4, -0.2) is 29.0 Å². The van der Waals surface area contributed by atoms with E-state index in [1.165, 1.54) is 6.42 Å². The van der Waals surface area contributed by atoms with Crippen molar-refractivity contribution in [3.63, 3.8) is 0 Å². The summed E-state index contributed by atoms with van der Waals surface area (Å²) < 4.78 is 0. The molecule has 1 unspecified atom stereocenters. The number of nitrogens with one attached hydrogen (secondary N) is 1. The second-order valence-electron chi connectivity index (χ2n) is 5.12. The maximum absolute atomic E-state index is 12.0. The van der Waals surface area contributed by atoms with Crippen LogP contribution in [0.1, 0.15) is 31.0 Å². The van der Waals surface area contributed by atoms with Crippen molar-refractivity contribution in [3.05, 3.63) is 29.6 Å². The van der Waals surface area contributed by atoms with Gasteiger partial charge in [0.2, 0.25) is 0 Å². The SMILES string of the molecule is Cc1cccnc1CNC(=O)N1CCCC(C)C1. The third kappa shape index (κ3) is 3.22. The molecular formula is C14H21N3O. The van der Waals surface area contributed by atoms with Gasteiger partial charge in [-0.15, -0.1) is 0 Å². The predicted octanol–water partition coefficient (Wildman–Crippen LogP) is 2.33. The molecule has 0 aromatic carbocycles. The monoisotopic (exact) mass is 247 g/mol. The Labute approximate surface area is 108 Å². The van der Waals surface area contributed by atoms with E-state index in [1.54, 1.807) is 6.20 Å². The van der Waals surface area contributed by atoms with Gasteiger partial charge in [0.05, 0.1) is 12.2 Å². The first kappa shape index (κ1) is 12.9. The Morgan fingerprint density at radius 3 is 3.17 bits per heavy atom. The molecule has 1 aliphatic heterocycles. The summed E-state index contributed by atoms with van der Waals surface area (Å²) in [4.78, 5) is 18.2. The normalized spacial score (nSPS) is 19.7. The van der Waals surface area contributed by atoms with E-state index in [0.717, 1.165) is 30.8 Å². The van der Waals surface area contributed by atoms with Crippen LogP contribution >= 0.6 is 0 Å². The summed E-state index contributed by atoms with van der Waals surface area (Å²) in [5, 5.41) is 2.95. The molecule has 2 amide bonds. The van der Waals surface area contributed by atoms with Crippen LogP contribution in [0.2, 0.25) is 0 Å². The zero-order valence-electron chi connectivity index (χ0n) is 11.1. The number of hydrogen-bond acceptors (Lipinski definition) is 2. The van der Waals surface area contributed by atoms with Crippen molar-refractivity contribution in [2.75, 3.05) is 13.1 Å². The number of hydrogen-bond donors (Lipinski definition) is 1. The molecule has 1 aromatic rings. The van der Waals surface area contributed by atoms with Crippen LogP contribution in [0.25, 0.3) is 0 Å². The quantitative estimate of drug-likeness (QED) is 0.871. The van der Waals surface area contributed by atoms with Gasteiger partial charge in [-0.1, -0.05) is 13.0 Å². The van der Waals surface area contributed by atoms with Crippen molar-refractivity contribution in [1.82, 2.24) is 15.2 Å². The summed E-state index contributed by atoms with van der Waals surface area (Å²) in [5.74, 6) is 0.612. The van der Waals surface area contributed by atoms with Crippen molar-refractivity contribution in [2.45, 2.75) is 33.2 Å². The molecule has 98 valence electrons. The molecular weight excluding hydrogens is 226 g/mol. The number of rotatable bonds is 2. The Hall–Kier alpha value is -1.58. The Balaban J connectivity index is 1.86. The molecule has 1 aromatic heterocycles. The molecule has 18 heavy (non-hydrogen) atoms. The molecule has 0 saturated carbocycles. The summed E-state index contributed by atoms with van der Waals surface area (Å²) in [6.45, 7) is 6.46. The number of nitrogens with zero attached hydrogens (tertiary/aromatic N) is 2. The van der Waals surface area contributed by atoms with Gasteiger partial charge in [-0.2, -0.15) is 0 Å². The average molecular weight is 247 g/mol. The minimum atomic E-state index is 0.0339. The van der Waals surface area contributed by atoms with Gasteiger partial charge in [-0.25, -0.2) is 4.79 Å². The lowest BCUT2D eigenvalue weighted by Crippen LogP contribution is -2.44. The van der Waals surface area contributed by atoms with E-state index in [2.05, 4.69) is 17.2 Å². The van der Waals surface area contributed by atoms with Crippen LogP contribution < -0.4 is 5.32 Å². The lowest BCUT2D eigenvalue weighted by atomic mass is 10.0. The molecule has 1 saturated heterocycles. The number of aryl methyl sites for hydroxylation is 1. The third-order valence-corrected chi connectivity index (χ3v) is 3.47. The zero-order chi connectivity index (χ0) is 13.0. The number of carbonyl (C=O) groups is 1. The largest absolute Gasteiger partial charge is 0.332 e. The fourth-order valence-corrected chi connectivity index (χ4v) is 2.35. The molecule has 1 fully saturated rings. The zero-order valence-corrected chi connectivity index (χ0v) is 11.1. The van der Waals surface area contributed by atoms with Crippen LogP contribution in [0.3, 0.4) is 0 Å². The van der Waals surface area contributed by atoms with Crippen molar-refractivity contribution in [3.8, 4) is 0 Å². The molecule has 1 aliphatic rings. The van der Waals surface area contributed by atoms with Crippen LogP contribution in [0.4, 0.5) is 4.79 Å². The van der Waals surface area contributed by atoms with Gasteiger partial charge < -0.3 is 10.2 Å². The van der Waals surface area contributed by atoms with Crippen molar-refractivity contribution < 1.29 is 4.79 Å². The van der Waals surface area contributed by atoms with Gasteiger partial charge in [-0.05, 0) is 37.3 Å². The van der Waals surface area contributed by atoms with Gasteiger partial charge >= 0.3 is 6.03 Å². The van der Waals surface area contributed by atoms with Gasteiger partial charge in [0.15, 0.2) is 0 Å². The van der Waals surface area contributed by atoms with E-state index in [0.29, 0.717) is 12.5 Å². The summed E-state index contributed by atoms with van der Waals surface area (Å²) in [5.41, 5.74) is 2.06. The first-order chi connectivity index (χ1) is 8.66. The highest BCUT2D eigenvalue weighted by Gasteiger charge is 2.20. The van der Waals surface area contributed by atoms with E-state index in [-0.39, 0.29) is 6.03 Å². The summed E-state index contributed by atoms with van der Waals surface area (Å²) in [7, 11) is 0. The lowest BCUT2D eigenvalue weighted by Gasteiger charge is -2.30. The van der Waals surface area contributed by atoms with Gasteiger partial charge in [0.1, 0.15) is 0 Å². The van der Waals surface area contributed by atoms with Gasteiger partial charge in [0.25, 0.3) is 0 Å². The number of amides is 2. The average Bonchev–Trinajstić information content (AvgIpc) is 2.37. The first-order valence-electron chi connectivity index (χ1n) is 6.60. The Kier molecular flexibility index (Phi) is 4.18. The second kappa shape index (κ2) is 5.85. The number of pyridine rings is 1. The topological polar surface area (TPSA) is 45.2 Å². The smallest absolute Gasteiger partial charge is 0.317 e. The minimum Gasteiger partial charge on any atom is -0.332 e. The molecule has 2 rings (SSSR count). The third-order valence-electron chi connectivity index (χ3n) is 3.47. The van der Waals surface area contributed by atoms with Crippen LogP contribution in [0.15, 0.2) is 18.3 Å². The van der Waals surface area contributed by atoms with Crippen LogP contribution in [0, 0.1) is 12.8 Å². The van der Waals surface area contributed by atoms with E-state index in [9.17, 15) is 4.79 Å². The number of likely N-dealkylation sites (tertiary alicyclic amines) is 1. The predicted molar refractivity (Wildman–Crippen MR) is 71.2 cm³/mol. The molecule has 4 nitrogen and oxygen atoms in total. The molecule has 0 bridgehead atoms. The van der Waals surface area contributed by atoms with Crippen molar-refractivity contribution >= 4 is 6.03 Å². The second-order valence-corrected chi connectivity index (χ2v) is 5.12. The molecule has 0 spiro atoms. The highest BCUT2D eigenvalue weighted by Crippen LogP contribution is 2.15. The van der Waals surface area contributed by atoms with Crippen LogP contribution in [0.5, 0.6) is 0 Å². The standard InChI is InChI=1S/C14H21N3O/c1-11-5-4-8-17(10-11)14(18)16-9-13-12(2)6-3-7-15-13/h3,6-7,11H,4-5,8-10H2,1-2H3,(H,16,18). The number of piperidine rings is 1. The lowest BCUT2D eigenvalue weighted by molar-refractivity contribution is 0.169. The highest BCUT2D eigenvalue weighted by atomic mass is 16.2. The molecule has 4 heteroatoms. The number of aromatic nitrogens is 1. The summed E-state index contributed by atoms with van der Waals surface area (Å²) in [6, 6.07) is 3.95.